The third-order valence-electron chi connectivity index (χ3n) is 5.16. The standard InChI is InChI=1S/C18H20N2O3/c21-17(10-15-9-12-6-7-14(15)8-12)22-11-16-19-20-18(23-16)13-4-2-1-3-5-13/h1-5,12,14-15H,6-11H2/t12-,14+,15+/m0/s1. The van der Waals surface area contributed by atoms with Gasteiger partial charge in [0, 0.05) is 12.0 Å². The molecule has 5 heteroatoms. The lowest BCUT2D eigenvalue weighted by molar-refractivity contribution is -0.147. The Kier molecular flexibility index (Phi) is 3.85. The van der Waals surface area contributed by atoms with Crippen molar-refractivity contribution in [3.05, 3.63) is 36.2 Å². The Balaban J connectivity index is 1.29. The molecule has 2 saturated carbocycles. The third-order valence-corrected chi connectivity index (χ3v) is 5.16. The molecule has 23 heavy (non-hydrogen) atoms. The Morgan fingerprint density at radius 3 is 2.78 bits per heavy atom. The minimum absolute atomic E-state index is 0.0550. The molecule has 0 aliphatic heterocycles. The number of esters is 1. The van der Waals surface area contributed by atoms with Crippen molar-refractivity contribution in [2.24, 2.45) is 17.8 Å². The number of carbonyl (C=O) groups is 1. The summed E-state index contributed by atoms with van der Waals surface area (Å²) in [4.78, 5) is 12.0. The highest BCUT2D eigenvalue weighted by Crippen LogP contribution is 2.49. The van der Waals surface area contributed by atoms with Crippen molar-refractivity contribution >= 4 is 5.97 Å². The van der Waals surface area contributed by atoms with Gasteiger partial charge in [0.25, 0.3) is 5.89 Å². The van der Waals surface area contributed by atoms with Crippen molar-refractivity contribution in [1.82, 2.24) is 10.2 Å². The number of benzene rings is 1. The molecule has 1 heterocycles. The van der Waals surface area contributed by atoms with Gasteiger partial charge in [0.15, 0.2) is 6.61 Å². The molecule has 1 aromatic carbocycles. The summed E-state index contributed by atoms with van der Waals surface area (Å²) in [7, 11) is 0. The number of ether oxygens (including phenoxy) is 1. The minimum Gasteiger partial charge on any atom is -0.456 e. The van der Waals surface area contributed by atoms with Crippen LogP contribution in [0.5, 0.6) is 0 Å². The third kappa shape index (κ3) is 3.14. The van der Waals surface area contributed by atoms with Gasteiger partial charge >= 0.3 is 5.97 Å². The molecule has 0 N–H and O–H groups in total. The van der Waals surface area contributed by atoms with E-state index in [-0.39, 0.29) is 12.6 Å². The zero-order valence-electron chi connectivity index (χ0n) is 13.0. The summed E-state index contributed by atoms with van der Waals surface area (Å²) in [6.45, 7) is 0.0550. The van der Waals surface area contributed by atoms with Crippen molar-refractivity contribution in [3.63, 3.8) is 0 Å². The first-order valence-corrected chi connectivity index (χ1v) is 8.31. The van der Waals surface area contributed by atoms with Gasteiger partial charge in [-0.1, -0.05) is 24.6 Å². The molecule has 5 nitrogen and oxygen atoms in total. The number of rotatable bonds is 5. The van der Waals surface area contributed by atoms with E-state index in [1.807, 2.05) is 30.3 Å². The Morgan fingerprint density at radius 2 is 2.04 bits per heavy atom. The van der Waals surface area contributed by atoms with Crippen molar-refractivity contribution in [1.29, 1.82) is 0 Å². The first kappa shape index (κ1) is 14.4. The maximum absolute atomic E-state index is 12.0. The number of nitrogens with zero attached hydrogens (tertiary/aromatic N) is 2. The first-order valence-electron chi connectivity index (χ1n) is 8.31. The molecule has 0 amide bonds. The summed E-state index contributed by atoms with van der Waals surface area (Å²) in [5.41, 5.74) is 0.861. The van der Waals surface area contributed by atoms with Crippen molar-refractivity contribution < 1.29 is 13.9 Å². The smallest absolute Gasteiger partial charge is 0.306 e. The Bertz CT molecular complexity index is 683. The SMILES string of the molecule is O=C(C[C@H]1C[C@H]2CC[C@@H]1C2)OCc1nnc(-c2ccccc2)o1. The fourth-order valence-electron chi connectivity index (χ4n) is 4.05. The van der Waals surface area contributed by atoms with Gasteiger partial charge in [-0.05, 0) is 49.1 Å². The minimum atomic E-state index is -0.151. The molecule has 0 radical (unpaired) electrons. The Hall–Kier alpha value is -2.17. The monoisotopic (exact) mass is 312 g/mol. The highest BCUT2D eigenvalue weighted by molar-refractivity contribution is 5.69. The highest BCUT2D eigenvalue weighted by Gasteiger charge is 2.40. The molecule has 1 aromatic heterocycles. The summed E-state index contributed by atoms with van der Waals surface area (Å²) in [6, 6.07) is 9.55. The number of fused-ring (bicyclic) bond motifs is 2. The van der Waals surface area contributed by atoms with E-state index in [1.165, 1.54) is 25.7 Å². The van der Waals surface area contributed by atoms with Gasteiger partial charge in [0.1, 0.15) is 0 Å². The Labute approximate surface area is 135 Å². The Morgan fingerprint density at radius 1 is 1.17 bits per heavy atom. The number of carbonyl (C=O) groups excluding carboxylic acids is 1. The van der Waals surface area contributed by atoms with Crippen LogP contribution in [-0.2, 0) is 16.1 Å². The maximum atomic E-state index is 12.0. The number of hydrogen-bond donors (Lipinski definition) is 0. The molecule has 0 spiro atoms. The van der Waals surface area contributed by atoms with E-state index in [0.717, 1.165) is 17.4 Å². The summed E-state index contributed by atoms with van der Waals surface area (Å²) in [6.07, 6.45) is 5.66. The molecule has 2 fully saturated rings. The predicted molar refractivity (Wildman–Crippen MR) is 83.1 cm³/mol. The topological polar surface area (TPSA) is 65.2 Å². The fourth-order valence-corrected chi connectivity index (χ4v) is 4.05. The predicted octanol–water partition coefficient (Wildman–Crippen LogP) is 3.61. The molecular weight excluding hydrogens is 292 g/mol. The first-order chi connectivity index (χ1) is 11.3. The van der Waals surface area contributed by atoms with Crippen LogP contribution in [0.4, 0.5) is 0 Å². The highest BCUT2D eigenvalue weighted by atomic mass is 16.5. The van der Waals surface area contributed by atoms with Crippen LogP contribution < -0.4 is 0 Å². The van der Waals surface area contributed by atoms with Gasteiger partial charge in [-0.2, -0.15) is 0 Å². The molecule has 4 rings (SSSR count). The normalized spacial score (nSPS) is 25.7. The summed E-state index contributed by atoms with van der Waals surface area (Å²) >= 11 is 0. The lowest BCUT2D eigenvalue weighted by atomic mass is 9.86. The average Bonchev–Trinajstić information content (AvgIpc) is 3.30. The van der Waals surface area contributed by atoms with E-state index in [9.17, 15) is 4.79 Å². The molecule has 2 aliphatic rings. The second-order valence-electron chi connectivity index (χ2n) is 6.67. The van der Waals surface area contributed by atoms with E-state index in [2.05, 4.69) is 10.2 Å². The van der Waals surface area contributed by atoms with Crippen molar-refractivity contribution in [2.45, 2.75) is 38.7 Å². The molecular formula is C18H20N2O3. The average molecular weight is 312 g/mol. The number of aromatic nitrogens is 2. The molecule has 120 valence electrons. The van der Waals surface area contributed by atoms with Crippen molar-refractivity contribution in [2.75, 3.05) is 0 Å². The van der Waals surface area contributed by atoms with Gasteiger partial charge < -0.3 is 9.15 Å². The summed E-state index contributed by atoms with van der Waals surface area (Å²) in [5, 5.41) is 7.93. The lowest BCUT2D eigenvalue weighted by Gasteiger charge is -2.20. The van der Waals surface area contributed by atoms with Crippen LogP contribution in [0.2, 0.25) is 0 Å². The zero-order valence-corrected chi connectivity index (χ0v) is 13.0. The molecule has 3 atom stereocenters. The molecule has 2 aromatic rings. The number of hydrogen-bond acceptors (Lipinski definition) is 5. The van der Waals surface area contributed by atoms with Crippen LogP contribution >= 0.6 is 0 Å². The van der Waals surface area contributed by atoms with Crippen LogP contribution in [0, 0.1) is 17.8 Å². The van der Waals surface area contributed by atoms with Gasteiger partial charge in [-0.3, -0.25) is 4.79 Å². The van der Waals surface area contributed by atoms with Crippen LogP contribution in [0.3, 0.4) is 0 Å². The molecule has 0 unspecified atom stereocenters. The summed E-state index contributed by atoms with van der Waals surface area (Å²) < 4.78 is 10.9. The second-order valence-corrected chi connectivity index (χ2v) is 6.67. The van der Waals surface area contributed by atoms with Crippen LogP contribution in [0.25, 0.3) is 11.5 Å². The fraction of sp³-hybridized carbons (Fsp3) is 0.500. The quantitative estimate of drug-likeness (QED) is 0.789. The van der Waals surface area contributed by atoms with Crippen LogP contribution in [0.1, 0.15) is 38.0 Å². The zero-order chi connectivity index (χ0) is 15.6. The van der Waals surface area contributed by atoms with E-state index < -0.39 is 0 Å². The second kappa shape index (κ2) is 6.14. The molecule has 2 bridgehead atoms. The van der Waals surface area contributed by atoms with Gasteiger partial charge in [-0.15, -0.1) is 10.2 Å². The van der Waals surface area contributed by atoms with Gasteiger partial charge in [0.05, 0.1) is 0 Å². The maximum Gasteiger partial charge on any atom is 0.306 e. The van der Waals surface area contributed by atoms with Gasteiger partial charge in [0.2, 0.25) is 5.89 Å². The van der Waals surface area contributed by atoms with Crippen LogP contribution in [0.15, 0.2) is 34.7 Å². The van der Waals surface area contributed by atoms with Crippen molar-refractivity contribution in [3.8, 4) is 11.5 Å². The van der Waals surface area contributed by atoms with Crippen LogP contribution in [-0.4, -0.2) is 16.2 Å². The molecule has 0 saturated heterocycles. The van der Waals surface area contributed by atoms with E-state index >= 15 is 0 Å². The molecule has 2 aliphatic carbocycles. The summed E-state index contributed by atoms with van der Waals surface area (Å²) in [5.74, 6) is 2.74. The van der Waals surface area contributed by atoms with E-state index in [4.69, 9.17) is 9.15 Å². The van der Waals surface area contributed by atoms with E-state index in [0.29, 0.717) is 24.1 Å². The van der Waals surface area contributed by atoms with Gasteiger partial charge in [-0.25, -0.2) is 0 Å². The van der Waals surface area contributed by atoms with E-state index in [1.54, 1.807) is 0 Å². The largest absolute Gasteiger partial charge is 0.456 e. The lowest BCUT2D eigenvalue weighted by Crippen LogP contribution is -2.17.